The number of rotatable bonds is 2. The molecule has 0 atom stereocenters. The lowest BCUT2D eigenvalue weighted by Crippen LogP contribution is -2.03. The van der Waals surface area contributed by atoms with E-state index >= 15 is 0 Å². The van der Waals surface area contributed by atoms with E-state index < -0.39 is 11.3 Å². The van der Waals surface area contributed by atoms with E-state index in [-0.39, 0.29) is 0 Å². The lowest BCUT2D eigenvalue weighted by molar-refractivity contribution is 0.561. The third-order valence-corrected chi connectivity index (χ3v) is 5.89. The van der Waals surface area contributed by atoms with Crippen molar-refractivity contribution >= 4 is 38.4 Å². The molecule has 0 fully saturated rings. The molecule has 0 radical (unpaired) electrons. The minimum Gasteiger partial charge on any atom is -0.423 e. The van der Waals surface area contributed by atoms with Crippen molar-refractivity contribution in [3.63, 3.8) is 0 Å². The number of benzene rings is 4. The van der Waals surface area contributed by atoms with E-state index in [0.717, 1.165) is 32.7 Å². The van der Waals surface area contributed by atoms with Gasteiger partial charge >= 0.3 is 11.3 Å². The van der Waals surface area contributed by atoms with E-state index in [2.05, 4.69) is 0 Å². The fourth-order valence-electron chi connectivity index (χ4n) is 4.34. The number of fused-ring (bicyclic) bond motifs is 3. The van der Waals surface area contributed by atoms with Gasteiger partial charge in [-0.3, -0.25) is 0 Å². The zero-order chi connectivity index (χ0) is 22.5. The number of nitrogen functional groups attached to an aromatic ring is 1. The molecule has 2 heterocycles. The molecule has 4 aromatic carbocycles. The molecule has 33 heavy (non-hydrogen) atoms. The van der Waals surface area contributed by atoms with Crippen LogP contribution in [0.4, 0.5) is 5.69 Å². The Bertz CT molecular complexity index is 1820. The summed E-state index contributed by atoms with van der Waals surface area (Å²) in [5.74, 6) is 0. The van der Waals surface area contributed by atoms with Gasteiger partial charge < -0.3 is 14.6 Å². The van der Waals surface area contributed by atoms with Crippen LogP contribution >= 0.6 is 0 Å². The second kappa shape index (κ2) is 7.21. The van der Waals surface area contributed by atoms with E-state index in [1.54, 1.807) is 30.3 Å². The summed E-state index contributed by atoms with van der Waals surface area (Å²) in [5, 5.41) is 3.61. The largest absolute Gasteiger partial charge is 0.423 e. The summed E-state index contributed by atoms with van der Waals surface area (Å²) in [4.78, 5) is 25.1. The number of hydrogen-bond donors (Lipinski definition) is 1. The molecular weight excluding hydrogens is 414 g/mol. The summed E-state index contributed by atoms with van der Waals surface area (Å²) in [6, 6.07) is 27.8. The third kappa shape index (κ3) is 3.18. The van der Waals surface area contributed by atoms with Crippen LogP contribution in [0.2, 0.25) is 0 Å². The first-order chi connectivity index (χ1) is 16.1. The molecule has 0 bridgehead atoms. The van der Waals surface area contributed by atoms with Gasteiger partial charge in [0.15, 0.2) is 0 Å². The Hall–Kier alpha value is -4.64. The van der Waals surface area contributed by atoms with Crippen molar-refractivity contribution in [2.45, 2.75) is 0 Å². The van der Waals surface area contributed by atoms with Crippen LogP contribution in [0.25, 0.3) is 55.0 Å². The van der Waals surface area contributed by atoms with Gasteiger partial charge in [0.1, 0.15) is 11.2 Å². The predicted molar refractivity (Wildman–Crippen MR) is 131 cm³/mol. The SMILES string of the molecule is Nc1ccc2cc(-c3ccc4oc(=O)cc(-c5cccc6ccccc56)c4c3)c(=O)oc2c1. The Labute approximate surface area is 187 Å². The van der Waals surface area contributed by atoms with Crippen LogP contribution in [0.3, 0.4) is 0 Å². The molecule has 0 aliphatic carbocycles. The van der Waals surface area contributed by atoms with Gasteiger partial charge in [-0.15, -0.1) is 0 Å². The average Bonchev–Trinajstić information content (AvgIpc) is 2.82. The Morgan fingerprint density at radius 2 is 1.42 bits per heavy atom. The van der Waals surface area contributed by atoms with Crippen molar-refractivity contribution < 1.29 is 8.83 Å². The maximum absolute atomic E-state index is 12.8. The summed E-state index contributed by atoms with van der Waals surface area (Å²) in [6.07, 6.45) is 0. The first-order valence-electron chi connectivity index (χ1n) is 10.5. The zero-order valence-electron chi connectivity index (χ0n) is 17.4. The van der Waals surface area contributed by atoms with Crippen LogP contribution in [0.15, 0.2) is 109 Å². The van der Waals surface area contributed by atoms with Crippen molar-refractivity contribution in [3.8, 4) is 22.3 Å². The molecule has 0 aliphatic heterocycles. The monoisotopic (exact) mass is 431 g/mol. The highest BCUT2D eigenvalue weighted by molar-refractivity contribution is 6.05. The van der Waals surface area contributed by atoms with Crippen LogP contribution in [0, 0.1) is 0 Å². The van der Waals surface area contributed by atoms with Gasteiger partial charge in [-0.2, -0.15) is 0 Å². The smallest absolute Gasteiger partial charge is 0.344 e. The molecule has 6 aromatic rings. The molecule has 2 N–H and O–H groups in total. The van der Waals surface area contributed by atoms with Gasteiger partial charge in [0.25, 0.3) is 0 Å². The number of hydrogen-bond acceptors (Lipinski definition) is 5. The quantitative estimate of drug-likeness (QED) is 0.270. The van der Waals surface area contributed by atoms with E-state index in [1.165, 1.54) is 6.07 Å². The fraction of sp³-hybridized carbons (Fsp3) is 0. The summed E-state index contributed by atoms with van der Waals surface area (Å²) in [5.41, 5.74) is 9.10. The first kappa shape index (κ1) is 19.1. The number of anilines is 1. The molecule has 5 heteroatoms. The molecule has 0 amide bonds. The second-order valence-corrected chi connectivity index (χ2v) is 7.96. The molecule has 0 saturated carbocycles. The normalized spacial score (nSPS) is 11.4. The molecule has 0 unspecified atom stereocenters. The van der Waals surface area contributed by atoms with Crippen molar-refractivity contribution in [3.05, 3.63) is 112 Å². The van der Waals surface area contributed by atoms with Crippen molar-refractivity contribution in [2.24, 2.45) is 0 Å². The summed E-state index contributed by atoms with van der Waals surface area (Å²) in [6.45, 7) is 0. The van der Waals surface area contributed by atoms with Crippen LogP contribution in [-0.2, 0) is 0 Å². The fourth-order valence-corrected chi connectivity index (χ4v) is 4.34. The maximum Gasteiger partial charge on any atom is 0.344 e. The van der Waals surface area contributed by atoms with Crippen molar-refractivity contribution in [1.82, 2.24) is 0 Å². The van der Waals surface area contributed by atoms with E-state index in [1.807, 2.05) is 54.6 Å². The Balaban J connectivity index is 1.63. The van der Waals surface area contributed by atoms with Crippen molar-refractivity contribution in [2.75, 3.05) is 5.73 Å². The van der Waals surface area contributed by atoms with Gasteiger partial charge in [0.05, 0.1) is 5.56 Å². The maximum atomic E-state index is 12.8. The van der Waals surface area contributed by atoms with Crippen LogP contribution in [-0.4, -0.2) is 0 Å². The molecule has 158 valence electrons. The van der Waals surface area contributed by atoms with E-state index in [4.69, 9.17) is 14.6 Å². The minimum absolute atomic E-state index is 0.421. The average molecular weight is 431 g/mol. The molecule has 2 aromatic heterocycles. The molecule has 6 rings (SSSR count). The Morgan fingerprint density at radius 1 is 0.576 bits per heavy atom. The highest BCUT2D eigenvalue weighted by Crippen LogP contribution is 2.35. The van der Waals surface area contributed by atoms with Gasteiger partial charge in [-0.05, 0) is 52.2 Å². The summed E-state index contributed by atoms with van der Waals surface area (Å²) in [7, 11) is 0. The third-order valence-electron chi connectivity index (χ3n) is 5.89. The summed E-state index contributed by atoms with van der Waals surface area (Å²) >= 11 is 0. The van der Waals surface area contributed by atoms with E-state index in [0.29, 0.717) is 28.0 Å². The Morgan fingerprint density at radius 3 is 2.33 bits per heavy atom. The van der Waals surface area contributed by atoms with E-state index in [9.17, 15) is 9.59 Å². The van der Waals surface area contributed by atoms with Crippen molar-refractivity contribution in [1.29, 1.82) is 0 Å². The first-order valence-corrected chi connectivity index (χ1v) is 10.5. The molecule has 0 saturated heterocycles. The topological polar surface area (TPSA) is 86.4 Å². The Kier molecular flexibility index (Phi) is 4.17. The predicted octanol–water partition coefficient (Wildman–Crippen LogP) is 5.97. The zero-order valence-corrected chi connectivity index (χ0v) is 17.4. The molecule has 0 spiro atoms. The lowest BCUT2D eigenvalue weighted by Gasteiger charge is -2.11. The van der Waals surface area contributed by atoms with Gasteiger partial charge in [-0.1, -0.05) is 48.5 Å². The highest BCUT2D eigenvalue weighted by Gasteiger charge is 2.14. The molecule has 5 nitrogen and oxygen atoms in total. The van der Waals surface area contributed by atoms with Crippen LogP contribution in [0.5, 0.6) is 0 Å². The molecule has 0 aliphatic rings. The number of nitrogens with two attached hydrogens (primary N) is 1. The minimum atomic E-state index is -0.462. The van der Waals surface area contributed by atoms with Gasteiger partial charge in [0, 0.05) is 34.2 Å². The van der Waals surface area contributed by atoms with Gasteiger partial charge in [0.2, 0.25) is 0 Å². The lowest BCUT2D eigenvalue weighted by atomic mass is 9.94. The highest BCUT2D eigenvalue weighted by atomic mass is 16.4. The van der Waals surface area contributed by atoms with Crippen LogP contribution < -0.4 is 17.0 Å². The second-order valence-electron chi connectivity index (χ2n) is 7.96. The molecular formula is C28H17NO4. The van der Waals surface area contributed by atoms with Gasteiger partial charge in [-0.25, -0.2) is 9.59 Å². The standard InChI is InChI=1S/C28H17NO4/c29-19-10-8-18-13-22(28(31)33-26(18)14-19)17-9-11-25-24(12-17)23(15-27(30)32-25)21-7-3-5-16-4-1-2-6-20(16)21/h1-15H,29H2. The van der Waals surface area contributed by atoms with Crippen LogP contribution in [0.1, 0.15) is 0 Å². The summed E-state index contributed by atoms with van der Waals surface area (Å²) < 4.78 is 11.0.